The number of ether oxygens (including phenoxy) is 1. The number of halogens is 1. The van der Waals surface area contributed by atoms with Crippen LogP contribution < -0.4 is 15.1 Å². The Morgan fingerprint density at radius 3 is 2.68 bits per heavy atom. The number of carbonyl (C=O) groups excluding carboxylic acids is 1. The van der Waals surface area contributed by atoms with Crippen LogP contribution in [0.15, 0.2) is 30.5 Å². The SMILES string of the molecule is CC1CN(c2ccc(NC(=O)c3ccnc(F)n3)c(N3CCC(C)(C)CC3)c2)CCO1. The van der Waals surface area contributed by atoms with Gasteiger partial charge in [0, 0.05) is 38.1 Å². The molecular formula is C23H30FN5O2. The number of nitrogens with zero attached hydrogens (tertiary/aromatic N) is 4. The quantitative estimate of drug-likeness (QED) is 0.750. The summed E-state index contributed by atoms with van der Waals surface area (Å²) in [7, 11) is 0. The van der Waals surface area contributed by atoms with Gasteiger partial charge in [-0.05, 0) is 49.4 Å². The van der Waals surface area contributed by atoms with E-state index in [0.717, 1.165) is 50.4 Å². The van der Waals surface area contributed by atoms with Crippen molar-refractivity contribution in [1.29, 1.82) is 0 Å². The zero-order valence-corrected chi connectivity index (χ0v) is 18.4. The highest BCUT2D eigenvalue weighted by Gasteiger charge is 2.28. The first kappa shape index (κ1) is 21.5. The Morgan fingerprint density at radius 2 is 1.97 bits per heavy atom. The number of rotatable bonds is 4. The second-order valence-electron chi connectivity index (χ2n) is 9.15. The Balaban J connectivity index is 1.62. The summed E-state index contributed by atoms with van der Waals surface area (Å²) < 4.78 is 19.1. The maximum Gasteiger partial charge on any atom is 0.309 e. The van der Waals surface area contributed by atoms with Gasteiger partial charge in [0.25, 0.3) is 5.91 Å². The number of morpholine rings is 1. The van der Waals surface area contributed by atoms with E-state index in [1.54, 1.807) is 0 Å². The minimum absolute atomic E-state index is 0.00399. The zero-order valence-electron chi connectivity index (χ0n) is 18.4. The van der Waals surface area contributed by atoms with Gasteiger partial charge in [-0.15, -0.1) is 0 Å². The van der Waals surface area contributed by atoms with Crippen LogP contribution in [0, 0.1) is 11.5 Å². The Hall–Kier alpha value is -2.74. The molecule has 3 heterocycles. The van der Waals surface area contributed by atoms with E-state index < -0.39 is 12.0 Å². The third kappa shape index (κ3) is 5.12. The molecule has 2 aliphatic rings. The van der Waals surface area contributed by atoms with Crippen molar-refractivity contribution in [3.05, 3.63) is 42.2 Å². The van der Waals surface area contributed by atoms with Crippen LogP contribution in [-0.2, 0) is 4.74 Å². The Kier molecular flexibility index (Phi) is 6.09. The van der Waals surface area contributed by atoms with Crippen molar-refractivity contribution >= 4 is 23.0 Å². The molecular weight excluding hydrogens is 397 g/mol. The monoisotopic (exact) mass is 427 g/mol. The lowest BCUT2D eigenvalue weighted by atomic mass is 9.82. The van der Waals surface area contributed by atoms with Gasteiger partial charge in [-0.2, -0.15) is 9.37 Å². The van der Waals surface area contributed by atoms with Gasteiger partial charge in [-0.1, -0.05) is 13.8 Å². The molecule has 0 saturated carbocycles. The van der Waals surface area contributed by atoms with E-state index in [4.69, 9.17) is 4.74 Å². The van der Waals surface area contributed by atoms with Gasteiger partial charge in [0.05, 0.1) is 24.1 Å². The number of amides is 1. The molecule has 31 heavy (non-hydrogen) atoms. The summed E-state index contributed by atoms with van der Waals surface area (Å²) in [5, 5.41) is 2.93. The first-order chi connectivity index (χ1) is 14.8. The highest BCUT2D eigenvalue weighted by molar-refractivity contribution is 6.04. The third-order valence-electron chi connectivity index (χ3n) is 6.15. The van der Waals surface area contributed by atoms with Crippen LogP contribution in [0.5, 0.6) is 0 Å². The minimum atomic E-state index is -0.914. The molecule has 4 rings (SSSR count). The van der Waals surface area contributed by atoms with Crippen LogP contribution in [0.3, 0.4) is 0 Å². The molecule has 8 heteroatoms. The van der Waals surface area contributed by atoms with Gasteiger partial charge < -0.3 is 19.9 Å². The molecule has 1 amide bonds. The van der Waals surface area contributed by atoms with Crippen LogP contribution in [0.1, 0.15) is 44.1 Å². The van der Waals surface area contributed by atoms with Crippen molar-refractivity contribution in [2.24, 2.45) is 5.41 Å². The van der Waals surface area contributed by atoms with Crippen LogP contribution >= 0.6 is 0 Å². The van der Waals surface area contributed by atoms with Gasteiger partial charge in [0.2, 0.25) is 0 Å². The molecule has 2 aliphatic heterocycles. The molecule has 1 unspecified atom stereocenters. The fraction of sp³-hybridized carbons (Fsp3) is 0.522. The Morgan fingerprint density at radius 1 is 1.19 bits per heavy atom. The summed E-state index contributed by atoms with van der Waals surface area (Å²) in [6, 6.07) is 7.50. The number of nitrogens with one attached hydrogen (secondary N) is 1. The predicted molar refractivity (Wildman–Crippen MR) is 119 cm³/mol. The standard InChI is InChI=1S/C23H30FN5O2/c1-16-15-29(12-13-31-16)17-4-5-18(26-21(30)19-6-9-25-22(24)27-19)20(14-17)28-10-7-23(2,3)8-11-28/h4-6,9,14,16H,7-8,10-13,15H2,1-3H3,(H,26,30). The summed E-state index contributed by atoms with van der Waals surface area (Å²) in [6.45, 7) is 10.9. The number of aromatic nitrogens is 2. The van der Waals surface area contributed by atoms with E-state index in [1.807, 2.05) is 12.1 Å². The fourth-order valence-electron chi connectivity index (χ4n) is 4.14. The molecule has 1 aromatic carbocycles. The zero-order chi connectivity index (χ0) is 22.0. The molecule has 0 radical (unpaired) electrons. The molecule has 1 atom stereocenters. The van der Waals surface area contributed by atoms with Crippen molar-refractivity contribution in [2.45, 2.75) is 39.7 Å². The number of hydrogen-bond donors (Lipinski definition) is 1. The molecule has 2 saturated heterocycles. The van der Waals surface area contributed by atoms with E-state index in [-0.39, 0.29) is 11.8 Å². The van der Waals surface area contributed by atoms with Gasteiger partial charge >= 0.3 is 6.08 Å². The molecule has 1 aromatic heterocycles. The van der Waals surface area contributed by atoms with Crippen molar-refractivity contribution in [3.8, 4) is 0 Å². The molecule has 1 N–H and O–H groups in total. The van der Waals surface area contributed by atoms with Crippen LogP contribution in [0.2, 0.25) is 0 Å². The number of carbonyl (C=O) groups is 1. The average Bonchev–Trinajstić information content (AvgIpc) is 2.74. The third-order valence-corrected chi connectivity index (χ3v) is 6.15. The maximum absolute atomic E-state index is 13.4. The molecule has 0 aliphatic carbocycles. The number of benzene rings is 1. The predicted octanol–water partition coefficient (Wildman–Crippen LogP) is 3.72. The summed E-state index contributed by atoms with van der Waals surface area (Å²) in [4.78, 5) is 24.4. The summed E-state index contributed by atoms with van der Waals surface area (Å²) in [5.41, 5.74) is 3.12. The second-order valence-corrected chi connectivity index (χ2v) is 9.15. The number of anilines is 3. The largest absolute Gasteiger partial charge is 0.375 e. The highest BCUT2D eigenvalue weighted by atomic mass is 19.1. The number of hydrogen-bond acceptors (Lipinski definition) is 6. The maximum atomic E-state index is 13.4. The number of piperidine rings is 1. The van der Waals surface area contributed by atoms with E-state index >= 15 is 0 Å². The van der Waals surface area contributed by atoms with Crippen molar-refractivity contribution in [1.82, 2.24) is 9.97 Å². The minimum Gasteiger partial charge on any atom is -0.375 e. The van der Waals surface area contributed by atoms with Crippen LogP contribution in [0.4, 0.5) is 21.5 Å². The van der Waals surface area contributed by atoms with E-state index in [0.29, 0.717) is 17.7 Å². The summed E-state index contributed by atoms with van der Waals surface area (Å²) in [6.07, 6.45) is 2.67. The van der Waals surface area contributed by atoms with E-state index in [1.165, 1.54) is 12.3 Å². The smallest absolute Gasteiger partial charge is 0.309 e. The van der Waals surface area contributed by atoms with Crippen molar-refractivity contribution < 1.29 is 13.9 Å². The van der Waals surface area contributed by atoms with Gasteiger partial charge in [-0.3, -0.25) is 4.79 Å². The van der Waals surface area contributed by atoms with E-state index in [2.05, 4.69) is 51.9 Å². The molecule has 7 nitrogen and oxygen atoms in total. The molecule has 0 spiro atoms. The van der Waals surface area contributed by atoms with E-state index in [9.17, 15) is 9.18 Å². The van der Waals surface area contributed by atoms with Crippen LogP contribution in [0.25, 0.3) is 0 Å². The lowest BCUT2D eigenvalue weighted by molar-refractivity contribution is 0.0532. The lowest BCUT2D eigenvalue weighted by Gasteiger charge is -2.40. The molecule has 2 fully saturated rings. The molecule has 166 valence electrons. The average molecular weight is 428 g/mol. The fourth-order valence-corrected chi connectivity index (χ4v) is 4.14. The lowest BCUT2D eigenvalue weighted by Crippen LogP contribution is -2.41. The van der Waals surface area contributed by atoms with Crippen molar-refractivity contribution in [3.63, 3.8) is 0 Å². The summed E-state index contributed by atoms with van der Waals surface area (Å²) in [5.74, 6) is -0.451. The van der Waals surface area contributed by atoms with Gasteiger partial charge in [-0.25, -0.2) is 4.98 Å². The summed E-state index contributed by atoms with van der Waals surface area (Å²) >= 11 is 0. The first-order valence-corrected chi connectivity index (χ1v) is 10.9. The topological polar surface area (TPSA) is 70.6 Å². The van der Waals surface area contributed by atoms with Crippen molar-refractivity contribution in [2.75, 3.05) is 47.9 Å². The molecule has 0 bridgehead atoms. The van der Waals surface area contributed by atoms with Crippen LogP contribution in [-0.4, -0.2) is 54.8 Å². The molecule has 2 aromatic rings. The highest BCUT2D eigenvalue weighted by Crippen LogP contribution is 2.37. The Bertz CT molecular complexity index is 941. The van der Waals surface area contributed by atoms with Gasteiger partial charge in [0.1, 0.15) is 5.69 Å². The Labute approximate surface area is 182 Å². The van der Waals surface area contributed by atoms with Gasteiger partial charge in [0.15, 0.2) is 0 Å². The second kappa shape index (κ2) is 8.78. The first-order valence-electron chi connectivity index (χ1n) is 10.9. The normalized spacial score (nSPS) is 21.1.